The van der Waals surface area contributed by atoms with Gasteiger partial charge in [-0.1, -0.05) is 44.5 Å². The van der Waals surface area contributed by atoms with E-state index in [1.54, 1.807) is 12.1 Å². The van der Waals surface area contributed by atoms with E-state index in [4.69, 9.17) is 11.6 Å². The molecule has 0 spiro atoms. The van der Waals surface area contributed by atoms with E-state index in [2.05, 4.69) is 32.3 Å². The summed E-state index contributed by atoms with van der Waals surface area (Å²) in [5.41, 5.74) is 3.94. The lowest BCUT2D eigenvalue weighted by Crippen LogP contribution is -2.20. The Morgan fingerprint density at radius 3 is 2.34 bits per heavy atom. The van der Waals surface area contributed by atoms with Crippen LogP contribution in [0.5, 0.6) is 0 Å². The van der Waals surface area contributed by atoms with Crippen molar-refractivity contribution >= 4 is 11.6 Å². The molecule has 0 N–H and O–H groups in total. The van der Waals surface area contributed by atoms with Gasteiger partial charge in [0.2, 0.25) is 0 Å². The second-order valence-corrected chi connectivity index (χ2v) is 9.12. The van der Waals surface area contributed by atoms with E-state index in [-0.39, 0.29) is 6.04 Å². The fraction of sp³-hybridized carbons (Fsp3) is 0.583. The lowest BCUT2D eigenvalue weighted by atomic mass is 9.85. The van der Waals surface area contributed by atoms with Crippen LogP contribution in [0.3, 0.4) is 0 Å². The van der Waals surface area contributed by atoms with Gasteiger partial charge in [-0.3, -0.25) is 0 Å². The van der Waals surface area contributed by atoms with Gasteiger partial charge in [-0.2, -0.15) is 13.2 Å². The van der Waals surface area contributed by atoms with E-state index in [9.17, 15) is 13.2 Å². The first-order valence-electron chi connectivity index (χ1n) is 10.7. The van der Waals surface area contributed by atoms with Gasteiger partial charge in [0.15, 0.2) is 0 Å². The summed E-state index contributed by atoms with van der Waals surface area (Å²) < 4.78 is 41.6. The average Bonchev–Trinajstić information content (AvgIpc) is 2.93. The monoisotopic (exact) mass is 425 g/mol. The standard InChI is InChI=1S/C24H31ClF3N/c1-5-17-7-6-8-20-22(25)16(4)29(23(17)20)21(14-9-15(2)3)18-10-12-19(13-11-18)24(26,27)28/h10-13,15,17,21H,5-9,14H2,1-4H3/t17?,21-/m1/s1. The predicted octanol–water partition coefficient (Wildman–Crippen LogP) is 8.32. The molecular weight excluding hydrogens is 395 g/mol. The predicted molar refractivity (Wildman–Crippen MR) is 114 cm³/mol. The fourth-order valence-electron chi connectivity index (χ4n) is 4.73. The molecule has 1 aliphatic carbocycles. The van der Waals surface area contributed by atoms with Crippen molar-refractivity contribution in [2.45, 2.75) is 84.4 Å². The molecule has 0 bridgehead atoms. The van der Waals surface area contributed by atoms with Crippen LogP contribution < -0.4 is 0 Å². The maximum Gasteiger partial charge on any atom is 0.416 e. The zero-order valence-electron chi connectivity index (χ0n) is 17.7. The van der Waals surface area contributed by atoms with Crippen molar-refractivity contribution in [3.63, 3.8) is 0 Å². The van der Waals surface area contributed by atoms with Crippen molar-refractivity contribution in [1.82, 2.24) is 4.57 Å². The zero-order valence-corrected chi connectivity index (χ0v) is 18.5. The van der Waals surface area contributed by atoms with Gasteiger partial charge < -0.3 is 4.57 Å². The third kappa shape index (κ3) is 4.52. The molecule has 0 aliphatic heterocycles. The number of benzene rings is 1. The Hall–Kier alpha value is -1.42. The minimum Gasteiger partial charge on any atom is -0.339 e. The number of fused-ring (bicyclic) bond motifs is 1. The van der Waals surface area contributed by atoms with E-state index < -0.39 is 11.7 Å². The summed E-state index contributed by atoms with van der Waals surface area (Å²) in [6, 6.07) is 5.73. The lowest BCUT2D eigenvalue weighted by Gasteiger charge is -2.30. The summed E-state index contributed by atoms with van der Waals surface area (Å²) in [6.45, 7) is 8.63. The molecular formula is C24H31ClF3N. The Morgan fingerprint density at radius 1 is 1.14 bits per heavy atom. The topological polar surface area (TPSA) is 4.93 Å². The summed E-state index contributed by atoms with van der Waals surface area (Å²) in [5, 5.41) is 0.847. The summed E-state index contributed by atoms with van der Waals surface area (Å²) in [5.74, 6) is 0.983. The van der Waals surface area contributed by atoms with Gasteiger partial charge in [-0.15, -0.1) is 0 Å². The molecule has 1 heterocycles. The number of nitrogens with zero attached hydrogens (tertiary/aromatic N) is 1. The van der Waals surface area contributed by atoms with Crippen molar-refractivity contribution in [3.8, 4) is 0 Å². The molecule has 1 aromatic heterocycles. The van der Waals surface area contributed by atoms with E-state index in [0.717, 1.165) is 54.8 Å². The van der Waals surface area contributed by atoms with Crippen LogP contribution in [-0.2, 0) is 12.6 Å². The first kappa shape index (κ1) is 22.3. The van der Waals surface area contributed by atoms with Gasteiger partial charge in [-0.25, -0.2) is 0 Å². The Kier molecular flexibility index (Phi) is 6.72. The van der Waals surface area contributed by atoms with Crippen molar-refractivity contribution in [2.24, 2.45) is 5.92 Å². The second-order valence-electron chi connectivity index (χ2n) is 8.74. The smallest absolute Gasteiger partial charge is 0.339 e. The maximum absolute atomic E-state index is 13.1. The molecule has 5 heteroatoms. The van der Waals surface area contributed by atoms with Crippen molar-refractivity contribution in [3.05, 3.63) is 57.4 Å². The molecule has 2 aromatic rings. The zero-order chi connectivity index (χ0) is 21.3. The van der Waals surface area contributed by atoms with Gasteiger partial charge in [0.25, 0.3) is 0 Å². The molecule has 0 amide bonds. The first-order chi connectivity index (χ1) is 13.6. The number of hydrogen-bond donors (Lipinski definition) is 0. The van der Waals surface area contributed by atoms with Crippen LogP contribution in [-0.4, -0.2) is 4.57 Å². The molecule has 0 saturated carbocycles. The molecule has 1 unspecified atom stereocenters. The Morgan fingerprint density at radius 2 is 1.79 bits per heavy atom. The highest BCUT2D eigenvalue weighted by molar-refractivity contribution is 6.32. The molecule has 29 heavy (non-hydrogen) atoms. The molecule has 1 aliphatic rings. The highest BCUT2D eigenvalue weighted by Crippen LogP contribution is 2.44. The summed E-state index contributed by atoms with van der Waals surface area (Å²) >= 11 is 6.76. The maximum atomic E-state index is 13.1. The lowest BCUT2D eigenvalue weighted by molar-refractivity contribution is -0.137. The molecule has 2 atom stereocenters. The molecule has 3 rings (SSSR count). The SMILES string of the molecule is CCC1CCCc2c(Cl)c(C)n([C@H](CCC(C)C)c3ccc(C(F)(F)F)cc3)c21. The molecule has 0 saturated heterocycles. The number of halogens is 4. The van der Waals surface area contributed by atoms with Crippen LogP contribution in [0.1, 0.15) is 92.9 Å². The molecule has 160 valence electrons. The molecule has 0 fully saturated rings. The number of hydrogen-bond acceptors (Lipinski definition) is 0. The van der Waals surface area contributed by atoms with Crippen molar-refractivity contribution < 1.29 is 13.2 Å². The normalized spacial score (nSPS) is 18.2. The summed E-state index contributed by atoms with van der Waals surface area (Å²) in [4.78, 5) is 0. The van der Waals surface area contributed by atoms with Crippen LogP contribution >= 0.6 is 11.6 Å². The Labute approximate surface area is 177 Å². The minimum atomic E-state index is -4.31. The van der Waals surface area contributed by atoms with Gasteiger partial charge in [0.1, 0.15) is 0 Å². The highest BCUT2D eigenvalue weighted by atomic mass is 35.5. The van der Waals surface area contributed by atoms with Crippen LogP contribution in [0.15, 0.2) is 24.3 Å². The number of rotatable bonds is 6. The number of aromatic nitrogens is 1. The Bertz CT molecular complexity index is 833. The van der Waals surface area contributed by atoms with E-state index in [1.807, 2.05) is 0 Å². The number of alkyl halides is 3. The van der Waals surface area contributed by atoms with Gasteiger partial charge in [0.05, 0.1) is 16.6 Å². The molecule has 0 radical (unpaired) electrons. The van der Waals surface area contributed by atoms with Crippen LogP contribution in [0.4, 0.5) is 13.2 Å². The van der Waals surface area contributed by atoms with Gasteiger partial charge in [0, 0.05) is 11.4 Å². The van der Waals surface area contributed by atoms with E-state index >= 15 is 0 Å². The molecule has 1 aromatic carbocycles. The second kappa shape index (κ2) is 8.75. The van der Waals surface area contributed by atoms with Gasteiger partial charge in [-0.05, 0) is 80.5 Å². The van der Waals surface area contributed by atoms with Gasteiger partial charge >= 0.3 is 6.18 Å². The third-order valence-corrected chi connectivity index (χ3v) is 6.83. The fourth-order valence-corrected chi connectivity index (χ4v) is 5.02. The average molecular weight is 426 g/mol. The largest absolute Gasteiger partial charge is 0.416 e. The summed E-state index contributed by atoms with van der Waals surface area (Å²) in [7, 11) is 0. The third-order valence-electron chi connectivity index (χ3n) is 6.32. The quantitative estimate of drug-likeness (QED) is 0.438. The van der Waals surface area contributed by atoms with Crippen LogP contribution in [0.25, 0.3) is 0 Å². The van der Waals surface area contributed by atoms with Crippen LogP contribution in [0, 0.1) is 12.8 Å². The van der Waals surface area contributed by atoms with Crippen LogP contribution in [0.2, 0.25) is 5.02 Å². The van der Waals surface area contributed by atoms with Crippen molar-refractivity contribution in [1.29, 1.82) is 0 Å². The first-order valence-corrected chi connectivity index (χ1v) is 11.1. The van der Waals surface area contributed by atoms with E-state index in [1.165, 1.54) is 23.4 Å². The van der Waals surface area contributed by atoms with Crippen molar-refractivity contribution in [2.75, 3.05) is 0 Å². The highest BCUT2D eigenvalue weighted by Gasteiger charge is 2.33. The molecule has 1 nitrogen and oxygen atoms in total. The minimum absolute atomic E-state index is 0.00748. The Balaban J connectivity index is 2.11. The summed E-state index contributed by atoms with van der Waals surface area (Å²) in [6.07, 6.45) is 1.91. The van der Waals surface area contributed by atoms with E-state index in [0.29, 0.717) is 11.8 Å².